The Balaban J connectivity index is 3.83. The maximum absolute atomic E-state index is 11.5. The normalized spacial score (nSPS) is 13.7. The molecule has 1 unspecified atom stereocenters. The van der Waals surface area contributed by atoms with Gasteiger partial charge in [-0.1, -0.05) is 6.92 Å². The second-order valence-corrected chi connectivity index (χ2v) is 6.47. The smallest absolute Gasteiger partial charge is 0.236 e. The van der Waals surface area contributed by atoms with E-state index in [1.807, 2.05) is 14.0 Å². The summed E-state index contributed by atoms with van der Waals surface area (Å²) in [6.07, 6.45) is 1.29. The number of carbonyl (C=O) groups is 1. The van der Waals surface area contributed by atoms with Crippen molar-refractivity contribution >= 4 is 15.7 Å². The number of hydrogen-bond acceptors (Lipinski definition) is 5. The van der Waals surface area contributed by atoms with Gasteiger partial charge in [0.25, 0.3) is 0 Å². The van der Waals surface area contributed by atoms with Gasteiger partial charge in [0.15, 0.2) is 0 Å². The number of hydrogen-bond donors (Lipinski definition) is 2. The highest BCUT2D eigenvalue weighted by atomic mass is 32.2. The van der Waals surface area contributed by atoms with Gasteiger partial charge >= 0.3 is 0 Å². The Kier molecular flexibility index (Phi) is 7.33. The Morgan fingerprint density at radius 2 is 2.06 bits per heavy atom. The second-order valence-electron chi connectivity index (χ2n) is 4.21. The van der Waals surface area contributed by atoms with E-state index < -0.39 is 15.9 Å². The largest absolute Gasteiger partial charge is 0.353 e. The van der Waals surface area contributed by atoms with Gasteiger partial charge in [-0.15, -0.1) is 0 Å². The summed E-state index contributed by atoms with van der Waals surface area (Å²) < 4.78 is 21.8. The van der Waals surface area contributed by atoms with Gasteiger partial charge < -0.3 is 16.0 Å². The molecule has 3 N–H and O–H groups in total. The van der Waals surface area contributed by atoms with E-state index in [1.165, 1.54) is 0 Å². The molecule has 0 aromatic carbocycles. The van der Waals surface area contributed by atoms with Crippen LogP contribution in [-0.4, -0.2) is 64.0 Å². The Hall–Kier alpha value is -0.660. The summed E-state index contributed by atoms with van der Waals surface area (Å²) in [7, 11) is -1.10. The summed E-state index contributed by atoms with van der Waals surface area (Å²) in [5, 5.41) is 2.68. The molecule has 0 heterocycles. The zero-order valence-corrected chi connectivity index (χ0v) is 11.6. The average molecular weight is 265 g/mol. The summed E-state index contributed by atoms with van der Waals surface area (Å²) in [5.41, 5.74) is 5.58. The molecule has 7 heteroatoms. The van der Waals surface area contributed by atoms with Crippen LogP contribution in [0.5, 0.6) is 0 Å². The summed E-state index contributed by atoms with van der Waals surface area (Å²) in [4.78, 5) is 13.5. The van der Waals surface area contributed by atoms with E-state index in [0.29, 0.717) is 6.54 Å². The van der Waals surface area contributed by atoms with Crippen molar-refractivity contribution in [2.24, 2.45) is 5.73 Å². The highest BCUT2D eigenvalue weighted by Crippen LogP contribution is 1.94. The molecular weight excluding hydrogens is 242 g/mol. The lowest BCUT2D eigenvalue weighted by Gasteiger charge is -2.16. The van der Waals surface area contributed by atoms with Crippen LogP contribution in [0.2, 0.25) is 0 Å². The van der Waals surface area contributed by atoms with Gasteiger partial charge in [-0.05, 0) is 20.0 Å². The van der Waals surface area contributed by atoms with E-state index in [1.54, 1.807) is 0 Å². The Labute approximate surface area is 103 Å². The summed E-state index contributed by atoms with van der Waals surface area (Å²) >= 11 is 0. The SMILES string of the molecule is CCN(C)CCNC(=O)C(N)CCS(C)(=O)=O. The maximum atomic E-state index is 11.5. The van der Waals surface area contributed by atoms with E-state index in [-0.39, 0.29) is 18.1 Å². The van der Waals surface area contributed by atoms with Gasteiger partial charge in [-0.2, -0.15) is 0 Å². The molecule has 0 rings (SSSR count). The van der Waals surface area contributed by atoms with Gasteiger partial charge in [0.1, 0.15) is 9.84 Å². The minimum Gasteiger partial charge on any atom is -0.353 e. The standard InChI is InChI=1S/C10H23N3O3S/c1-4-13(2)7-6-12-10(14)9(11)5-8-17(3,15)16/h9H,4-8,11H2,1-3H3,(H,12,14). The van der Waals surface area contributed by atoms with Gasteiger partial charge in [-0.25, -0.2) is 8.42 Å². The molecule has 0 spiro atoms. The van der Waals surface area contributed by atoms with Crippen LogP contribution >= 0.6 is 0 Å². The first-order chi connectivity index (χ1) is 7.76. The fraction of sp³-hybridized carbons (Fsp3) is 0.900. The van der Waals surface area contributed by atoms with Crippen LogP contribution in [0.3, 0.4) is 0 Å². The molecule has 0 saturated heterocycles. The fourth-order valence-electron chi connectivity index (χ4n) is 1.13. The molecule has 0 radical (unpaired) electrons. The number of likely N-dealkylation sites (N-methyl/N-ethyl adjacent to an activating group) is 1. The minimum atomic E-state index is -3.06. The number of nitrogens with zero attached hydrogens (tertiary/aromatic N) is 1. The third-order valence-corrected chi connectivity index (χ3v) is 3.45. The summed E-state index contributed by atoms with van der Waals surface area (Å²) in [6.45, 7) is 4.21. The third kappa shape index (κ3) is 9.08. The van der Waals surface area contributed by atoms with Crippen molar-refractivity contribution < 1.29 is 13.2 Å². The second kappa shape index (κ2) is 7.62. The van der Waals surface area contributed by atoms with Crippen molar-refractivity contribution in [3.63, 3.8) is 0 Å². The van der Waals surface area contributed by atoms with E-state index in [0.717, 1.165) is 19.3 Å². The van der Waals surface area contributed by atoms with E-state index in [2.05, 4.69) is 10.2 Å². The van der Waals surface area contributed by atoms with Crippen LogP contribution < -0.4 is 11.1 Å². The molecule has 0 bridgehead atoms. The lowest BCUT2D eigenvalue weighted by molar-refractivity contribution is -0.122. The number of nitrogens with one attached hydrogen (secondary N) is 1. The molecule has 0 aromatic rings. The first-order valence-electron chi connectivity index (χ1n) is 5.65. The molecule has 1 amide bonds. The predicted molar refractivity (Wildman–Crippen MR) is 68.5 cm³/mol. The number of amides is 1. The fourth-order valence-corrected chi connectivity index (χ4v) is 1.81. The number of carbonyl (C=O) groups excluding carboxylic acids is 1. The zero-order chi connectivity index (χ0) is 13.5. The molecule has 6 nitrogen and oxygen atoms in total. The molecular formula is C10H23N3O3S. The van der Waals surface area contributed by atoms with Crippen molar-refractivity contribution in [3.05, 3.63) is 0 Å². The first-order valence-corrected chi connectivity index (χ1v) is 7.72. The molecule has 0 aromatic heterocycles. The number of nitrogens with two attached hydrogens (primary N) is 1. The van der Waals surface area contributed by atoms with Crippen LogP contribution in [0.4, 0.5) is 0 Å². The van der Waals surface area contributed by atoms with Crippen molar-refractivity contribution in [1.82, 2.24) is 10.2 Å². The zero-order valence-electron chi connectivity index (χ0n) is 10.8. The molecule has 0 fully saturated rings. The maximum Gasteiger partial charge on any atom is 0.236 e. The van der Waals surface area contributed by atoms with E-state index in [9.17, 15) is 13.2 Å². The number of rotatable bonds is 8. The molecule has 0 saturated carbocycles. The summed E-state index contributed by atoms with van der Waals surface area (Å²) in [6, 6.07) is -0.753. The van der Waals surface area contributed by atoms with Crippen molar-refractivity contribution in [3.8, 4) is 0 Å². The first kappa shape index (κ1) is 16.3. The van der Waals surface area contributed by atoms with Crippen LogP contribution in [0, 0.1) is 0 Å². The lowest BCUT2D eigenvalue weighted by atomic mass is 10.2. The Morgan fingerprint density at radius 3 is 2.53 bits per heavy atom. The van der Waals surface area contributed by atoms with E-state index >= 15 is 0 Å². The molecule has 0 aliphatic heterocycles. The van der Waals surface area contributed by atoms with Gasteiger partial charge in [0.2, 0.25) is 5.91 Å². The Bertz CT molecular complexity index is 330. The Morgan fingerprint density at radius 1 is 1.47 bits per heavy atom. The van der Waals surface area contributed by atoms with Crippen molar-refractivity contribution in [2.45, 2.75) is 19.4 Å². The minimum absolute atomic E-state index is 0.0591. The highest BCUT2D eigenvalue weighted by Gasteiger charge is 2.15. The van der Waals surface area contributed by atoms with Crippen molar-refractivity contribution in [1.29, 1.82) is 0 Å². The third-order valence-electron chi connectivity index (χ3n) is 2.47. The van der Waals surface area contributed by atoms with E-state index in [4.69, 9.17) is 5.73 Å². The molecule has 17 heavy (non-hydrogen) atoms. The molecule has 0 aliphatic rings. The molecule has 0 aliphatic carbocycles. The lowest BCUT2D eigenvalue weighted by Crippen LogP contribution is -2.43. The van der Waals surface area contributed by atoms with Crippen LogP contribution in [0.15, 0.2) is 0 Å². The number of sulfone groups is 1. The van der Waals surface area contributed by atoms with Crippen LogP contribution in [0.25, 0.3) is 0 Å². The highest BCUT2D eigenvalue weighted by molar-refractivity contribution is 7.90. The van der Waals surface area contributed by atoms with Gasteiger partial charge in [-0.3, -0.25) is 4.79 Å². The van der Waals surface area contributed by atoms with Crippen LogP contribution in [0.1, 0.15) is 13.3 Å². The monoisotopic (exact) mass is 265 g/mol. The molecule has 102 valence electrons. The van der Waals surface area contributed by atoms with Gasteiger partial charge in [0.05, 0.1) is 11.8 Å². The predicted octanol–water partition coefficient (Wildman–Crippen LogP) is -1.18. The molecule has 1 atom stereocenters. The summed E-state index contributed by atoms with van der Waals surface area (Å²) in [5.74, 6) is -0.352. The topological polar surface area (TPSA) is 92.5 Å². The van der Waals surface area contributed by atoms with Crippen molar-refractivity contribution in [2.75, 3.05) is 38.7 Å². The quantitative estimate of drug-likeness (QED) is 0.576. The average Bonchev–Trinajstić information content (AvgIpc) is 2.24. The van der Waals surface area contributed by atoms with Gasteiger partial charge in [0, 0.05) is 19.3 Å². The van der Waals surface area contributed by atoms with Crippen LogP contribution in [-0.2, 0) is 14.6 Å².